The maximum Gasteiger partial charge on any atom is 0.291 e. The van der Waals surface area contributed by atoms with Crippen molar-refractivity contribution < 1.29 is 18.7 Å². The van der Waals surface area contributed by atoms with Crippen LogP contribution >= 0.6 is 15.9 Å². The number of methoxy groups -OCH3 is 1. The Kier molecular flexibility index (Phi) is 7.33. The van der Waals surface area contributed by atoms with Crippen LogP contribution in [0.25, 0.3) is 11.0 Å². The van der Waals surface area contributed by atoms with Crippen molar-refractivity contribution in [3.63, 3.8) is 0 Å². The minimum atomic E-state index is -0.634. The number of hydrogen-bond donors (Lipinski definition) is 0. The van der Waals surface area contributed by atoms with Crippen molar-refractivity contribution in [2.75, 3.05) is 13.7 Å². The number of ether oxygens (including phenoxy) is 2. The molecule has 5 rings (SSSR count). The standard InChI is InChI=1S/C30H28BrNO5/c1-3-4-8-15-36-24-13-11-20(16-25(24)35-2)27-26-28(33)22-17-21(31)12-14-23(22)37-29(26)30(34)32(27)18-19-9-6-5-7-10-19/h5-7,9-14,16-17,27H,3-4,8,15,18H2,1-2H3. The SMILES string of the molecule is CCCCCOc1ccc(C2c3c(oc4ccc(Br)cc4c3=O)C(=O)N2Cc2ccccc2)cc1OC. The number of halogens is 1. The summed E-state index contributed by atoms with van der Waals surface area (Å²) in [6.45, 7) is 3.07. The highest BCUT2D eigenvalue weighted by molar-refractivity contribution is 9.10. The van der Waals surface area contributed by atoms with Gasteiger partial charge in [0.2, 0.25) is 5.76 Å². The second kappa shape index (κ2) is 10.8. The lowest BCUT2D eigenvalue weighted by Crippen LogP contribution is -2.29. The first-order chi connectivity index (χ1) is 18.0. The molecule has 0 spiro atoms. The number of benzene rings is 3. The summed E-state index contributed by atoms with van der Waals surface area (Å²) in [4.78, 5) is 29.2. The van der Waals surface area contributed by atoms with E-state index in [2.05, 4.69) is 22.9 Å². The maximum atomic E-state index is 13.8. The van der Waals surface area contributed by atoms with Crippen molar-refractivity contribution in [2.24, 2.45) is 0 Å². The minimum absolute atomic E-state index is 0.0830. The third kappa shape index (κ3) is 4.88. The normalized spacial score (nSPS) is 14.7. The van der Waals surface area contributed by atoms with Crippen molar-refractivity contribution in [2.45, 2.75) is 38.8 Å². The Morgan fingerprint density at radius 1 is 0.973 bits per heavy atom. The largest absolute Gasteiger partial charge is 0.493 e. The van der Waals surface area contributed by atoms with Crippen LogP contribution in [0.3, 0.4) is 0 Å². The summed E-state index contributed by atoms with van der Waals surface area (Å²) < 4.78 is 18.4. The van der Waals surface area contributed by atoms with Gasteiger partial charge in [0, 0.05) is 11.0 Å². The lowest BCUT2D eigenvalue weighted by atomic mass is 9.97. The van der Waals surface area contributed by atoms with Crippen molar-refractivity contribution in [1.82, 2.24) is 4.90 Å². The molecule has 1 aliphatic heterocycles. The highest BCUT2D eigenvalue weighted by atomic mass is 79.9. The van der Waals surface area contributed by atoms with Gasteiger partial charge in [0.1, 0.15) is 5.58 Å². The van der Waals surface area contributed by atoms with Crippen LogP contribution in [0, 0.1) is 0 Å². The quantitative estimate of drug-likeness (QED) is 0.208. The first-order valence-electron chi connectivity index (χ1n) is 12.4. The van der Waals surface area contributed by atoms with Crippen LogP contribution in [-0.2, 0) is 6.54 Å². The van der Waals surface area contributed by atoms with Gasteiger partial charge in [-0.3, -0.25) is 9.59 Å². The molecule has 190 valence electrons. The smallest absolute Gasteiger partial charge is 0.291 e. The van der Waals surface area contributed by atoms with E-state index < -0.39 is 6.04 Å². The van der Waals surface area contributed by atoms with Crippen molar-refractivity contribution in [3.05, 3.63) is 104 Å². The molecule has 1 atom stereocenters. The van der Waals surface area contributed by atoms with E-state index in [1.165, 1.54) is 0 Å². The fourth-order valence-corrected chi connectivity index (χ4v) is 5.15. The van der Waals surface area contributed by atoms with Crippen molar-refractivity contribution in [3.8, 4) is 11.5 Å². The molecule has 0 saturated heterocycles. The van der Waals surface area contributed by atoms with Gasteiger partial charge in [-0.05, 0) is 47.9 Å². The van der Waals surface area contributed by atoms with Crippen LogP contribution in [0.4, 0.5) is 0 Å². The topological polar surface area (TPSA) is 69.0 Å². The third-order valence-electron chi connectivity index (χ3n) is 6.63. The molecule has 4 aromatic rings. The monoisotopic (exact) mass is 561 g/mol. The average Bonchev–Trinajstić information content (AvgIpc) is 3.19. The zero-order chi connectivity index (χ0) is 25.9. The van der Waals surface area contributed by atoms with Crippen LogP contribution < -0.4 is 14.9 Å². The lowest BCUT2D eigenvalue weighted by molar-refractivity contribution is 0.0714. The van der Waals surface area contributed by atoms with Crippen LogP contribution in [-0.4, -0.2) is 24.5 Å². The van der Waals surface area contributed by atoms with E-state index in [-0.39, 0.29) is 17.1 Å². The van der Waals surface area contributed by atoms with Gasteiger partial charge in [0.25, 0.3) is 5.91 Å². The van der Waals surface area contributed by atoms with E-state index in [9.17, 15) is 9.59 Å². The van der Waals surface area contributed by atoms with E-state index in [0.717, 1.165) is 34.9 Å². The number of unbranched alkanes of at least 4 members (excludes halogenated alkanes) is 2. The number of fused-ring (bicyclic) bond motifs is 2. The Hall–Kier alpha value is -3.58. The molecular weight excluding hydrogens is 534 g/mol. The van der Waals surface area contributed by atoms with Gasteiger partial charge >= 0.3 is 0 Å². The number of nitrogens with zero attached hydrogens (tertiary/aromatic N) is 1. The molecule has 0 saturated carbocycles. The molecule has 0 radical (unpaired) electrons. The Morgan fingerprint density at radius 3 is 2.54 bits per heavy atom. The second-order valence-electron chi connectivity index (χ2n) is 9.10. The van der Waals surface area contributed by atoms with Crippen LogP contribution in [0.5, 0.6) is 11.5 Å². The van der Waals surface area contributed by atoms with E-state index in [4.69, 9.17) is 13.9 Å². The minimum Gasteiger partial charge on any atom is -0.493 e. The number of rotatable bonds is 9. The predicted molar refractivity (Wildman–Crippen MR) is 146 cm³/mol. The maximum absolute atomic E-state index is 13.8. The summed E-state index contributed by atoms with van der Waals surface area (Å²) in [7, 11) is 1.59. The summed E-state index contributed by atoms with van der Waals surface area (Å²) in [5.74, 6) is 0.961. The molecule has 0 aliphatic carbocycles. The second-order valence-corrected chi connectivity index (χ2v) is 10.0. The summed E-state index contributed by atoms with van der Waals surface area (Å²) in [6.07, 6.45) is 3.16. The molecule has 1 amide bonds. The third-order valence-corrected chi connectivity index (χ3v) is 7.13. The number of amides is 1. The van der Waals surface area contributed by atoms with Gasteiger partial charge in [-0.1, -0.05) is 72.1 Å². The number of carbonyl (C=O) groups is 1. The molecular formula is C30H28BrNO5. The summed E-state index contributed by atoms with van der Waals surface area (Å²) in [5.41, 5.74) is 2.21. The van der Waals surface area contributed by atoms with Crippen molar-refractivity contribution >= 4 is 32.8 Å². The van der Waals surface area contributed by atoms with E-state index in [1.54, 1.807) is 30.2 Å². The molecule has 1 aliphatic rings. The highest BCUT2D eigenvalue weighted by Gasteiger charge is 2.43. The van der Waals surface area contributed by atoms with E-state index in [0.29, 0.717) is 41.2 Å². The van der Waals surface area contributed by atoms with E-state index >= 15 is 0 Å². The first kappa shape index (κ1) is 25.1. The van der Waals surface area contributed by atoms with Crippen LogP contribution in [0.15, 0.2) is 80.4 Å². The molecule has 1 aromatic heterocycles. The zero-order valence-electron chi connectivity index (χ0n) is 20.8. The molecule has 0 bridgehead atoms. The van der Waals surface area contributed by atoms with Gasteiger partial charge in [-0.25, -0.2) is 0 Å². The Bertz CT molecular complexity index is 1500. The van der Waals surface area contributed by atoms with Gasteiger partial charge < -0.3 is 18.8 Å². The molecule has 7 heteroatoms. The molecule has 6 nitrogen and oxygen atoms in total. The van der Waals surface area contributed by atoms with E-state index in [1.807, 2.05) is 48.5 Å². The first-order valence-corrected chi connectivity index (χ1v) is 13.2. The molecule has 37 heavy (non-hydrogen) atoms. The highest BCUT2D eigenvalue weighted by Crippen LogP contribution is 2.42. The molecule has 1 unspecified atom stereocenters. The summed E-state index contributed by atoms with van der Waals surface area (Å²) in [5, 5.41) is 0.426. The number of hydrogen-bond acceptors (Lipinski definition) is 5. The Balaban J connectivity index is 1.62. The lowest BCUT2D eigenvalue weighted by Gasteiger charge is -2.26. The predicted octanol–water partition coefficient (Wildman–Crippen LogP) is 6.88. The fraction of sp³-hybridized carbons (Fsp3) is 0.267. The fourth-order valence-electron chi connectivity index (χ4n) is 4.79. The van der Waals surface area contributed by atoms with Gasteiger partial charge in [-0.2, -0.15) is 0 Å². The van der Waals surface area contributed by atoms with Crippen LogP contribution in [0.2, 0.25) is 0 Å². The summed E-state index contributed by atoms with van der Waals surface area (Å²) >= 11 is 3.44. The molecule has 0 N–H and O–H groups in total. The molecule has 0 fully saturated rings. The van der Waals surface area contributed by atoms with Gasteiger partial charge in [-0.15, -0.1) is 0 Å². The Morgan fingerprint density at radius 2 is 1.78 bits per heavy atom. The van der Waals surface area contributed by atoms with Crippen molar-refractivity contribution in [1.29, 1.82) is 0 Å². The Labute approximate surface area is 223 Å². The molecule has 2 heterocycles. The molecule has 3 aromatic carbocycles. The number of carbonyl (C=O) groups excluding carboxylic acids is 1. The van der Waals surface area contributed by atoms with Gasteiger partial charge in [0.15, 0.2) is 16.9 Å². The zero-order valence-corrected chi connectivity index (χ0v) is 22.4. The summed E-state index contributed by atoms with van der Waals surface area (Å²) in [6, 6.07) is 19.9. The average molecular weight is 562 g/mol. The van der Waals surface area contributed by atoms with Crippen LogP contribution in [0.1, 0.15) is 59.5 Å². The van der Waals surface area contributed by atoms with Gasteiger partial charge in [0.05, 0.1) is 30.7 Å².